The minimum Gasteiger partial charge on any atom is -0.342 e. The Labute approximate surface area is 148 Å². The first kappa shape index (κ1) is 18.7. The number of nitrogens with zero attached hydrogens (tertiary/aromatic N) is 5. The summed E-state index contributed by atoms with van der Waals surface area (Å²) in [6.45, 7) is 6.51. The smallest absolute Gasteiger partial charge is 0.276 e. The average molecular weight is 357 g/mol. The van der Waals surface area contributed by atoms with Crippen LogP contribution in [-0.2, 0) is 4.79 Å². The maximum atomic E-state index is 12.8. The van der Waals surface area contributed by atoms with Crippen molar-refractivity contribution in [2.45, 2.75) is 38.3 Å². The number of aromatic nitrogens is 3. The van der Waals surface area contributed by atoms with E-state index in [0.29, 0.717) is 18.8 Å². The van der Waals surface area contributed by atoms with Crippen molar-refractivity contribution in [1.82, 2.24) is 30.1 Å². The van der Waals surface area contributed by atoms with Gasteiger partial charge in [0, 0.05) is 20.1 Å². The molecule has 3 rings (SSSR count). The van der Waals surface area contributed by atoms with Gasteiger partial charge in [-0.2, -0.15) is 0 Å². The molecule has 0 spiro atoms. The van der Waals surface area contributed by atoms with Crippen LogP contribution in [0.5, 0.6) is 0 Å². The van der Waals surface area contributed by atoms with E-state index in [2.05, 4.69) is 15.6 Å². The van der Waals surface area contributed by atoms with Gasteiger partial charge < -0.3 is 15.1 Å². The van der Waals surface area contributed by atoms with Crippen LogP contribution in [0.2, 0.25) is 0 Å². The number of halogens is 1. The van der Waals surface area contributed by atoms with Gasteiger partial charge in [-0.25, -0.2) is 4.68 Å². The summed E-state index contributed by atoms with van der Waals surface area (Å²) >= 11 is 0. The molecule has 134 valence electrons. The van der Waals surface area contributed by atoms with Gasteiger partial charge >= 0.3 is 0 Å². The highest BCUT2D eigenvalue weighted by Crippen LogP contribution is 2.24. The first-order valence-electron chi connectivity index (χ1n) is 8.11. The minimum atomic E-state index is -0.859. The van der Waals surface area contributed by atoms with Crippen LogP contribution in [0.1, 0.15) is 43.2 Å². The lowest BCUT2D eigenvalue weighted by Gasteiger charge is -2.44. The topological polar surface area (TPSA) is 83.4 Å². The molecule has 8 nitrogen and oxygen atoms in total. The largest absolute Gasteiger partial charge is 0.342 e. The van der Waals surface area contributed by atoms with Gasteiger partial charge in [-0.05, 0) is 39.8 Å². The molecule has 2 amide bonds. The van der Waals surface area contributed by atoms with Crippen molar-refractivity contribution < 1.29 is 9.59 Å². The van der Waals surface area contributed by atoms with Gasteiger partial charge in [-0.1, -0.05) is 5.21 Å². The Morgan fingerprint density at radius 2 is 1.96 bits per heavy atom. The van der Waals surface area contributed by atoms with E-state index in [9.17, 15) is 9.59 Å². The highest BCUT2D eigenvalue weighted by molar-refractivity contribution is 5.98. The Bertz CT molecular complexity index is 611. The zero-order chi connectivity index (χ0) is 16.6. The summed E-state index contributed by atoms with van der Waals surface area (Å²) in [4.78, 5) is 28.4. The second-order valence-electron chi connectivity index (χ2n) is 6.81. The summed E-state index contributed by atoms with van der Waals surface area (Å²) in [6.07, 6.45) is 3.68. The maximum absolute atomic E-state index is 12.8. The molecule has 1 aromatic heterocycles. The number of carbonyl (C=O) groups excluding carboxylic acids is 2. The summed E-state index contributed by atoms with van der Waals surface area (Å²) in [7, 11) is 1.76. The fourth-order valence-corrected chi connectivity index (χ4v) is 3.33. The van der Waals surface area contributed by atoms with Crippen LogP contribution in [0.3, 0.4) is 0 Å². The van der Waals surface area contributed by atoms with Crippen LogP contribution >= 0.6 is 12.4 Å². The number of hydrogen-bond acceptors (Lipinski definition) is 5. The molecule has 2 aliphatic heterocycles. The molecule has 0 radical (unpaired) electrons. The summed E-state index contributed by atoms with van der Waals surface area (Å²) in [5, 5.41) is 11.5. The number of rotatable bonds is 2. The normalized spacial score (nSPS) is 21.5. The van der Waals surface area contributed by atoms with Crippen molar-refractivity contribution in [3.8, 4) is 0 Å². The molecule has 0 aliphatic carbocycles. The number of piperidine rings is 1. The molecule has 0 saturated carbocycles. The van der Waals surface area contributed by atoms with Gasteiger partial charge in [0.25, 0.3) is 5.91 Å². The van der Waals surface area contributed by atoms with E-state index in [-0.39, 0.29) is 30.3 Å². The molecule has 3 heterocycles. The maximum Gasteiger partial charge on any atom is 0.276 e. The number of hydrogen-bond donors (Lipinski definition) is 1. The predicted molar refractivity (Wildman–Crippen MR) is 91.2 cm³/mol. The lowest BCUT2D eigenvalue weighted by atomic mass is 9.97. The van der Waals surface area contributed by atoms with E-state index in [1.807, 2.05) is 0 Å². The van der Waals surface area contributed by atoms with Crippen LogP contribution in [0.25, 0.3) is 0 Å². The molecular weight excluding hydrogens is 332 g/mol. The monoisotopic (exact) mass is 356 g/mol. The van der Waals surface area contributed by atoms with Crippen molar-refractivity contribution >= 4 is 24.2 Å². The third kappa shape index (κ3) is 3.25. The number of piperazine rings is 1. The molecule has 9 heteroatoms. The van der Waals surface area contributed by atoms with Crippen molar-refractivity contribution in [3.05, 3.63) is 11.9 Å². The number of likely N-dealkylation sites (N-methyl/N-ethyl adjacent to an activating group) is 1. The Kier molecular flexibility index (Phi) is 5.49. The molecule has 2 saturated heterocycles. The van der Waals surface area contributed by atoms with Gasteiger partial charge in [0.1, 0.15) is 5.54 Å². The van der Waals surface area contributed by atoms with Crippen LogP contribution in [0.4, 0.5) is 0 Å². The van der Waals surface area contributed by atoms with E-state index in [1.165, 1.54) is 0 Å². The standard InChI is InChI=1S/C15H24N6O2.ClH/c1-15(2)14(23)19(3)8-9-20(15)13(22)12-10-21(18-17-12)11-4-6-16-7-5-11;/h10-11,16H,4-9H2,1-3H3;1H. The Morgan fingerprint density at radius 3 is 2.62 bits per heavy atom. The molecule has 1 N–H and O–H groups in total. The van der Waals surface area contributed by atoms with Crippen molar-refractivity contribution in [3.63, 3.8) is 0 Å². The van der Waals surface area contributed by atoms with E-state index in [1.54, 1.807) is 41.6 Å². The summed E-state index contributed by atoms with van der Waals surface area (Å²) in [5.74, 6) is -0.278. The van der Waals surface area contributed by atoms with E-state index < -0.39 is 5.54 Å². The molecule has 0 bridgehead atoms. The third-order valence-corrected chi connectivity index (χ3v) is 4.86. The highest BCUT2D eigenvalue weighted by Gasteiger charge is 2.43. The van der Waals surface area contributed by atoms with Crippen LogP contribution in [0.15, 0.2) is 6.20 Å². The second kappa shape index (κ2) is 7.06. The minimum absolute atomic E-state index is 0. The zero-order valence-electron chi connectivity index (χ0n) is 14.4. The van der Waals surface area contributed by atoms with Gasteiger partial charge in [0.2, 0.25) is 5.91 Å². The van der Waals surface area contributed by atoms with Crippen LogP contribution in [-0.4, -0.2) is 75.4 Å². The lowest BCUT2D eigenvalue weighted by molar-refractivity contribution is -0.144. The Balaban J connectivity index is 0.00000208. The van der Waals surface area contributed by atoms with Crippen molar-refractivity contribution in [1.29, 1.82) is 0 Å². The summed E-state index contributed by atoms with van der Waals surface area (Å²) in [6, 6.07) is 0.285. The van der Waals surface area contributed by atoms with Crippen molar-refractivity contribution in [2.24, 2.45) is 0 Å². The third-order valence-electron chi connectivity index (χ3n) is 4.86. The van der Waals surface area contributed by atoms with Crippen LogP contribution in [0, 0.1) is 0 Å². The van der Waals surface area contributed by atoms with Gasteiger partial charge in [0.05, 0.1) is 12.2 Å². The van der Waals surface area contributed by atoms with Crippen molar-refractivity contribution in [2.75, 3.05) is 33.2 Å². The number of amides is 2. The Hall–Kier alpha value is -1.67. The first-order chi connectivity index (χ1) is 10.9. The summed E-state index contributed by atoms with van der Waals surface area (Å²) in [5.41, 5.74) is -0.545. The molecular formula is C15H25ClN6O2. The number of nitrogens with one attached hydrogen (secondary N) is 1. The molecule has 0 aromatic carbocycles. The summed E-state index contributed by atoms with van der Waals surface area (Å²) < 4.78 is 1.79. The molecule has 1 aromatic rings. The van der Waals surface area contributed by atoms with E-state index >= 15 is 0 Å². The SMILES string of the molecule is CN1CCN(C(=O)c2cn(C3CCNCC3)nn2)C(C)(C)C1=O.Cl. The fourth-order valence-electron chi connectivity index (χ4n) is 3.33. The average Bonchev–Trinajstić information content (AvgIpc) is 3.03. The highest BCUT2D eigenvalue weighted by atomic mass is 35.5. The van der Waals surface area contributed by atoms with Gasteiger partial charge in [-0.3, -0.25) is 9.59 Å². The number of carbonyl (C=O) groups is 2. The second-order valence-corrected chi connectivity index (χ2v) is 6.81. The van der Waals surface area contributed by atoms with Crippen LogP contribution < -0.4 is 5.32 Å². The van der Waals surface area contributed by atoms with E-state index in [0.717, 1.165) is 25.9 Å². The zero-order valence-corrected chi connectivity index (χ0v) is 15.2. The molecule has 24 heavy (non-hydrogen) atoms. The predicted octanol–water partition coefficient (Wildman–Crippen LogP) is 0.317. The van der Waals surface area contributed by atoms with E-state index in [4.69, 9.17) is 0 Å². The quantitative estimate of drug-likeness (QED) is 0.825. The molecule has 0 unspecified atom stereocenters. The fraction of sp³-hybridized carbons (Fsp3) is 0.733. The van der Waals surface area contributed by atoms with Gasteiger partial charge in [0.15, 0.2) is 5.69 Å². The molecule has 0 atom stereocenters. The lowest BCUT2D eigenvalue weighted by Crippen LogP contribution is -2.63. The molecule has 2 fully saturated rings. The van der Waals surface area contributed by atoms with Gasteiger partial charge in [-0.15, -0.1) is 17.5 Å². The molecule has 2 aliphatic rings. The first-order valence-corrected chi connectivity index (χ1v) is 8.11. The Morgan fingerprint density at radius 1 is 1.29 bits per heavy atom.